The Bertz CT molecular complexity index is 242. The van der Waals surface area contributed by atoms with Gasteiger partial charge in [0.1, 0.15) is 0 Å². The van der Waals surface area contributed by atoms with Crippen molar-refractivity contribution in [3.05, 3.63) is 12.3 Å². The van der Waals surface area contributed by atoms with E-state index in [0.717, 1.165) is 43.3 Å². The van der Waals surface area contributed by atoms with Crippen LogP contribution in [0, 0.1) is 0 Å². The minimum Gasteiger partial charge on any atom is -0.387 e. The van der Waals surface area contributed by atoms with Crippen LogP contribution >= 0.6 is 12.6 Å². The molecule has 0 saturated carbocycles. The summed E-state index contributed by atoms with van der Waals surface area (Å²) < 4.78 is 0. The fraction of sp³-hybridized carbons (Fsp3) is 0.727. The molecule has 6 heteroatoms. The van der Waals surface area contributed by atoms with Gasteiger partial charge in [0.2, 0.25) is 0 Å². The number of rotatable bonds is 8. The Kier molecular flexibility index (Phi) is 9.75. The topological polar surface area (TPSA) is 74.5 Å². The molecular formula is C11H25N5S. The highest BCUT2D eigenvalue weighted by Crippen LogP contribution is 2.00. The van der Waals surface area contributed by atoms with Crippen molar-refractivity contribution in [2.45, 2.75) is 18.9 Å². The van der Waals surface area contributed by atoms with Gasteiger partial charge in [-0.15, -0.1) is 0 Å². The molecule has 0 radical (unpaired) electrons. The average Bonchev–Trinajstić information content (AvgIpc) is 2.35. The second-order valence-corrected chi connectivity index (χ2v) is 4.12. The molecule has 17 heavy (non-hydrogen) atoms. The van der Waals surface area contributed by atoms with E-state index in [4.69, 9.17) is 5.73 Å². The summed E-state index contributed by atoms with van der Waals surface area (Å²) in [6.45, 7) is 5.57. The molecule has 5 N–H and O–H groups in total. The van der Waals surface area contributed by atoms with Gasteiger partial charge in [0.05, 0.1) is 0 Å². The fourth-order valence-corrected chi connectivity index (χ4v) is 1.44. The van der Waals surface area contributed by atoms with Gasteiger partial charge in [0, 0.05) is 44.7 Å². The molecule has 0 aromatic carbocycles. The van der Waals surface area contributed by atoms with E-state index >= 15 is 0 Å². The van der Waals surface area contributed by atoms with Gasteiger partial charge in [0.15, 0.2) is 5.96 Å². The van der Waals surface area contributed by atoms with Crippen LogP contribution in [0.15, 0.2) is 17.3 Å². The zero-order valence-electron chi connectivity index (χ0n) is 10.8. The molecule has 0 spiro atoms. The summed E-state index contributed by atoms with van der Waals surface area (Å²) in [5.41, 5.74) is 6.87. The number of guanidine groups is 1. The molecule has 0 heterocycles. The summed E-state index contributed by atoms with van der Waals surface area (Å²) in [6, 6.07) is -0.00622. The van der Waals surface area contributed by atoms with E-state index < -0.39 is 0 Å². The largest absolute Gasteiger partial charge is 0.387 e. The maximum absolute atomic E-state index is 5.98. The lowest BCUT2D eigenvalue weighted by Gasteiger charge is -2.16. The molecule has 0 fully saturated rings. The lowest BCUT2D eigenvalue weighted by atomic mass is 10.1. The number of nitrogens with two attached hydrogens (primary N) is 1. The Labute approximate surface area is 110 Å². The van der Waals surface area contributed by atoms with Gasteiger partial charge < -0.3 is 21.7 Å². The van der Waals surface area contributed by atoms with Crippen molar-refractivity contribution in [1.29, 1.82) is 0 Å². The summed E-state index contributed by atoms with van der Waals surface area (Å²) in [5.74, 6) is 1.58. The van der Waals surface area contributed by atoms with Gasteiger partial charge >= 0.3 is 0 Å². The smallest absolute Gasteiger partial charge is 0.190 e. The van der Waals surface area contributed by atoms with E-state index in [1.807, 2.05) is 7.05 Å². The summed E-state index contributed by atoms with van der Waals surface area (Å²) in [5, 5.41) is 9.29. The van der Waals surface area contributed by atoms with Crippen molar-refractivity contribution in [1.82, 2.24) is 16.0 Å². The van der Waals surface area contributed by atoms with Crippen LogP contribution in [0.5, 0.6) is 0 Å². The van der Waals surface area contributed by atoms with Crippen LogP contribution in [0.3, 0.4) is 0 Å². The maximum atomic E-state index is 5.98. The van der Waals surface area contributed by atoms with E-state index in [1.54, 1.807) is 7.05 Å². The van der Waals surface area contributed by atoms with E-state index in [1.165, 1.54) is 0 Å². The SMILES string of the molecule is C=C(NCCS)C(N)CCCNC(=NC)NC. The lowest BCUT2D eigenvalue weighted by Crippen LogP contribution is -2.36. The predicted molar refractivity (Wildman–Crippen MR) is 78.6 cm³/mol. The summed E-state index contributed by atoms with van der Waals surface area (Å²) in [6.07, 6.45) is 1.87. The maximum Gasteiger partial charge on any atom is 0.190 e. The Morgan fingerprint density at radius 1 is 1.41 bits per heavy atom. The zero-order valence-corrected chi connectivity index (χ0v) is 11.7. The minimum absolute atomic E-state index is 0.00622. The van der Waals surface area contributed by atoms with E-state index in [2.05, 4.69) is 40.2 Å². The number of thiol groups is 1. The van der Waals surface area contributed by atoms with E-state index in [-0.39, 0.29) is 6.04 Å². The highest BCUT2D eigenvalue weighted by atomic mass is 32.1. The molecule has 1 atom stereocenters. The van der Waals surface area contributed by atoms with Gasteiger partial charge in [-0.2, -0.15) is 12.6 Å². The Morgan fingerprint density at radius 2 is 2.12 bits per heavy atom. The van der Waals surface area contributed by atoms with Gasteiger partial charge in [-0.3, -0.25) is 4.99 Å². The van der Waals surface area contributed by atoms with Crippen LogP contribution in [0.4, 0.5) is 0 Å². The fourth-order valence-electron chi connectivity index (χ4n) is 1.33. The van der Waals surface area contributed by atoms with E-state index in [0.29, 0.717) is 0 Å². The molecule has 1 unspecified atom stereocenters. The molecule has 5 nitrogen and oxygen atoms in total. The predicted octanol–water partition coefficient (Wildman–Crippen LogP) is -0.0782. The quantitative estimate of drug-likeness (QED) is 0.183. The summed E-state index contributed by atoms with van der Waals surface area (Å²) in [4.78, 5) is 4.02. The first-order chi connectivity index (χ1) is 8.15. The second-order valence-electron chi connectivity index (χ2n) is 3.67. The molecular weight excluding hydrogens is 234 g/mol. The number of nitrogens with zero attached hydrogens (tertiary/aromatic N) is 1. The van der Waals surface area contributed by atoms with E-state index in [9.17, 15) is 0 Å². The highest BCUT2D eigenvalue weighted by molar-refractivity contribution is 7.80. The molecule has 0 aliphatic heterocycles. The first-order valence-electron chi connectivity index (χ1n) is 5.83. The van der Waals surface area contributed by atoms with Gasteiger partial charge in [-0.25, -0.2) is 0 Å². The van der Waals surface area contributed by atoms with Crippen LogP contribution < -0.4 is 21.7 Å². The second kappa shape index (κ2) is 10.3. The lowest BCUT2D eigenvalue weighted by molar-refractivity contribution is 0.598. The molecule has 0 rings (SSSR count). The molecule has 0 aromatic heterocycles. The summed E-state index contributed by atoms with van der Waals surface area (Å²) >= 11 is 4.12. The number of nitrogens with one attached hydrogen (secondary N) is 3. The van der Waals surface area contributed by atoms with Gasteiger partial charge in [-0.1, -0.05) is 6.58 Å². The Balaban J connectivity index is 3.63. The molecule has 100 valence electrons. The van der Waals surface area contributed by atoms with Crippen LogP contribution in [0.25, 0.3) is 0 Å². The number of aliphatic imine (C=N–C) groups is 1. The van der Waals surface area contributed by atoms with Gasteiger partial charge in [0.25, 0.3) is 0 Å². The van der Waals surface area contributed by atoms with Gasteiger partial charge in [-0.05, 0) is 12.8 Å². The van der Waals surface area contributed by atoms with Crippen molar-refractivity contribution in [3.63, 3.8) is 0 Å². The Morgan fingerprint density at radius 3 is 2.65 bits per heavy atom. The minimum atomic E-state index is -0.00622. The molecule has 0 aromatic rings. The zero-order chi connectivity index (χ0) is 13.1. The van der Waals surface area contributed by atoms with Crippen LogP contribution in [-0.4, -0.2) is 44.9 Å². The first kappa shape index (κ1) is 16.1. The van der Waals surface area contributed by atoms with Crippen molar-refractivity contribution >= 4 is 18.6 Å². The van der Waals surface area contributed by atoms with Crippen molar-refractivity contribution in [2.75, 3.05) is 32.9 Å². The number of hydrogen-bond donors (Lipinski definition) is 5. The van der Waals surface area contributed by atoms with Crippen molar-refractivity contribution in [2.24, 2.45) is 10.7 Å². The van der Waals surface area contributed by atoms with Crippen molar-refractivity contribution < 1.29 is 0 Å². The number of hydrogen-bond acceptors (Lipinski definition) is 4. The third-order valence-corrected chi connectivity index (χ3v) is 2.58. The van der Waals surface area contributed by atoms with Crippen LogP contribution in [-0.2, 0) is 0 Å². The van der Waals surface area contributed by atoms with Crippen LogP contribution in [0.1, 0.15) is 12.8 Å². The first-order valence-corrected chi connectivity index (χ1v) is 6.46. The third kappa shape index (κ3) is 7.93. The molecule has 0 bridgehead atoms. The highest BCUT2D eigenvalue weighted by Gasteiger charge is 2.05. The molecule has 0 saturated heterocycles. The van der Waals surface area contributed by atoms with Crippen LogP contribution in [0.2, 0.25) is 0 Å². The molecule has 0 amide bonds. The summed E-state index contributed by atoms with van der Waals surface area (Å²) in [7, 11) is 3.58. The normalized spacial score (nSPS) is 13.1. The molecule has 0 aliphatic carbocycles. The molecule has 0 aliphatic rings. The Hall–Kier alpha value is -0.880. The standard InChI is InChI=1S/C11H25N5S/c1-9(15-7-8-17)10(12)5-4-6-16-11(13-2)14-3/h10,15,17H,1,4-8,12H2,2-3H3,(H2,13,14,16). The third-order valence-electron chi connectivity index (χ3n) is 2.36. The average molecular weight is 259 g/mol. The monoisotopic (exact) mass is 259 g/mol. The van der Waals surface area contributed by atoms with Crippen molar-refractivity contribution in [3.8, 4) is 0 Å².